The SMILES string of the molecule is CC[C@H](NC(=O)CCc1ccc(-c2ccccc2)cc1)C(=O)C[C@@H](CCC(N)=O)C(N)=O.O=CO. The van der Waals surface area contributed by atoms with Crippen LogP contribution >= 0.6 is 0 Å². The minimum absolute atomic E-state index is 0.0207. The number of nitrogens with two attached hydrogens (primary N) is 2. The van der Waals surface area contributed by atoms with Gasteiger partial charge in [-0.25, -0.2) is 0 Å². The molecule has 0 saturated heterocycles. The van der Waals surface area contributed by atoms with Crippen LogP contribution in [0.3, 0.4) is 0 Å². The summed E-state index contributed by atoms with van der Waals surface area (Å²) in [5.41, 5.74) is 13.7. The van der Waals surface area contributed by atoms with Gasteiger partial charge in [0.15, 0.2) is 5.78 Å². The fourth-order valence-corrected chi connectivity index (χ4v) is 3.48. The number of carbonyl (C=O) groups is 5. The van der Waals surface area contributed by atoms with Crippen molar-refractivity contribution in [3.05, 3.63) is 60.2 Å². The van der Waals surface area contributed by atoms with Crippen molar-refractivity contribution in [1.82, 2.24) is 5.32 Å². The summed E-state index contributed by atoms with van der Waals surface area (Å²) in [5.74, 6) is -2.49. The minimum atomic E-state index is -0.774. The van der Waals surface area contributed by atoms with E-state index in [0.29, 0.717) is 12.8 Å². The summed E-state index contributed by atoms with van der Waals surface area (Å²) in [6.45, 7) is 1.54. The highest BCUT2D eigenvalue weighted by atomic mass is 16.3. The highest BCUT2D eigenvalue weighted by Gasteiger charge is 2.25. The molecular formula is C26H33N3O6. The van der Waals surface area contributed by atoms with Gasteiger partial charge in [0, 0.05) is 25.2 Å². The number of amides is 3. The van der Waals surface area contributed by atoms with Gasteiger partial charge in [0.2, 0.25) is 17.7 Å². The van der Waals surface area contributed by atoms with E-state index in [1.54, 1.807) is 6.92 Å². The number of nitrogens with one attached hydrogen (secondary N) is 1. The first-order chi connectivity index (χ1) is 16.7. The molecule has 2 rings (SSSR count). The van der Waals surface area contributed by atoms with Crippen molar-refractivity contribution in [2.24, 2.45) is 17.4 Å². The molecule has 35 heavy (non-hydrogen) atoms. The first-order valence-corrected chi connectivity index (χ1v) is 11.3. The molecule has 0 saturated carbocycles. The molecule has 9 heteroatoms. The highest BCUT2D eigenvalue weighted by molar-refractivity contribution is 5.92. The predicted octanol–water partition coefficient (Wildman–Crippen LogP) is 2.21. The van der Waals surface area contributed by atoms with E-state index >= 15 is 0 Å². The zero-order valence-corrected chi connectivity index (χ0v) is 19.8. The smallest absolute Gasteiger partial charge is 0.290 e. The van der Waals surface area contributed by atoms with Gasteiger partial charge in [0.1, 0.15) is 0 Å². The van der Waals surface area contributed by atoms with Gasteiger partial charge in [-0.3, -0.25) is 24.0 Å². The number of primary amides is 2. The Kier molecular flexibility index (Phi) is 13.1. The van der Waals surface area contributed by atoms with Gasteiger partial charge in [-0.05, 0) is 36.0 Å². The van der Waals surface area contributed by atoms with Crippen LogP contribution in [-0.2, 0) is 30.4 Å². The van der Waals surface area contributed by atoms with Crippen molar-refractivity contribution in [2.75, 3.05) is 0 Å². The number of hydrogen-bond donors (Lipinski definition) is 4. The second-order valence-electron chi connectivity index (χ2n) is 7.97. The summed E-state index contributed by atoms with van der Waals surface area (Å²) in [7, 11) is 0. The van der Waals surface area contributed by atoms with Gasteiger partial charge in [-0.1, -0.05) is 61.5 Å². The van der Waals surface area contributed by atoms with Gasteiger partial charge in [-0.15, -0.1) is 0 Å². The lowest BCUT2D eigenvalue weighted by molar-refractivity contribution is -0.131. The van der Waals surface area contributed by atoms with E-state index in [9.17, 15) is 19.2 Å². The number of ketones is 1. The van der Waals surface area contributed by atoms with Crippen molar-refractivity contribution in [2.45, 2.75) is 51.5 Å². The monoisotopic (exact) mass is 483 g/mol. The number of carbonyl (C=O) groups excluding carboxylic acids is 4. The Morgan fingerprint density at radius 2 is 1.51 bits per heavy atom. The van der Waals surface area contributed by atoms with Crippen LogP contribution in [0.25, 0.3) is 11.1 Å². The summed E-state index contributed by atoms with van der Waals surface area (Å²) >= 11 is 0. The Balaban J connectivity index is 0.00000194. The van der Waals surface area contributed by atoms with Crippen molar-refractivity contribution in [1.29, 1.82) is 0 Å². The molecule has 0 aliphatic rings. The summed E-state index contributed by atoms with van der Waals surface area (Å²) in [4.78, 5) is 55.9. The van der Waals surface area contributed by atoms with Crippen LogP contribution in [0.15, 0.2) is 54.6 Å². The Bertz CT molecular complexity index is 976. The van der Waals surface area contributed by atoms with Crippen LogP contribution in [-0.4, -0.2) is 41.1 Å². The van der Waals surface area contributed by atoms with E-state index in [2.05, 4.69) is 5.32 Å². The summed E-state index contributed by atoms with van der Waals surface area (Å²) in [5, 5.41) is 9.64. The number of hydrogen-bond acceptors (Lipinski definition) is 5. The van der Waals surface area contributed by atoms with E-state index < -0.39 is 23.8 Å². The Labute approximate surface area is 204 Å². The molecule has 3 amide bonds. The summed E-state index contributed by atoms with van der Waals surface area (Å²) < 4.78 is 0. The van der Waals surface area contributed by atoms with Crippen LogP contribution < -0.4 is 16.8 Å². The second kappa shape index (κ2) is 15.8. The minimum Gasteiger partial charge on any atom is -0.483 e. The number of benzene rings is 2. The van der Waals surface area contributed by atoms with E-state index in [4.69, 9.17) is 21.4 Å². The van der Waals surface area contributed by atoms with Crippen LogP contribution in [0.1, 0.15) is 44.6 Å². The maximum absolute atomic E-state index is 12.6. The fourth-order valence-electron chi connectivity index (χ4n) is 3.48. The molecular weight excluding hydrogens is 450 g/mol. The van der Waals surface area contributed by atoms with Crippen LogP contribution in [0.2, 0.25) is 0 Å². The van der Waals surface area contributed by atoms with Gasteiger partial charge in [-0.2, -0.15) is 0 Å². The highest BCUT2D eigenvalue weighted by Crippen LogP contribution is 2.20. The fraction of sp³-hybridized carbons (Fsp3) is 0.346. The molecule has 0 fully saturated rings. The predicted molar refractivity (Wildman–Crippen MR) is 132 cm³/mol. The maximum Gasteiger partial charge on any atom is 0.290 e. The molecule has 0 heterocycles. The third kappa shape index (κ3) is 11.1. The number of Topliss-reactive ketones (excluding diaryl/α,β-unsaturated/α-hetero) is 1. The van der Waals surface area contributed by atoms with Crippen LogP contribution in [0.5, 0.6) is 0 Å². The third-order valence-electron chi connectivity index (χ3n) is 5.42. The lowest BCUT2D eigenvalue weighted by atomic mass is 9.92. The molecule has 0 unspecified atom stereocenters. The zero-order chi connectivity index (χ0) is 26.2. The molecule has 188 valence electrons. The molecule has 9 nitrogen and oxygen atoms in total. The average Bonchev–Trinajstić information content (AvgIpc) is 2.84. The van der Waals surface area contributed by atoms with Crippen LogP contribution in [0.4, 0.5) is 0 Å². The lowest BCUT2D eigenvalue weighted by Crippen LogP contribution is -2.42. The van der Waals surface area contributed by atoms with Gasteiger partial charge in [0.25, 0.3) is 6.47 Å². The Morgan fingerprint density at radius 3 is 2.03 bits per heavy atom. The third-order valence-corrected chi connectivity index (χ3v) is 5.42. The van der Waals surface area contributed by atoms with Gasteiger partial charge in [0.05, 0.1) is 6.04 Å². The van der Waals surface area contributed by atoms with Crippen molar-refractivity contribution < 1.29 is 29.1 Å². The molecule has 2 aromatic carbocycles. The standard InChI is InChI=1S/C25H31N3O4.CH2O2/c1-2-21(22(29)16-20(25(27)32)13-14-23(26)30)28-24(31)15-10-17-8-11-19(12-9-17)18-6-4-3-5-7-18;2-1-3/h3-9,11-12,20-21H,2,10,13-16H2,1H3,(H2,26,30)(H2,27,32)(H,28,31);1H,(H,2,3)/t20-,21+;/m1./s1. The lowest BCUT2D eigenvalue weighted by Gasteiger charge is -2.19. The van der Waals surface area contributed by atoms with E-state index in [0.717, 1.165) is 16.7 Å². The molecule has 2 atom stereocenters. The summed E-state index contributed by atoms with van der Waals surface area (Å²) in [6.07, 6.45) is 1.18. The van der Waals surface area contributed by atoms with Gasteiger partial charge >= 0.3 is 0 Å². The number of rotatable bonds is 13. The quantitative estimate of drug-likeness (QED) is 0.318. The van der Waals surface area contributed by atoms with E-state index in [1.165, 1.54) is 0 Å². The molecule has 2 aromatic rings. The Hall–Kier alpha value is -4.01. The average molecular weight is 484 g/mol. The maximum atomic E-state index is 12.6. The zero-order valence-electron chi connectivity index (χ0n) is 19.8. The summed E-state index contributed by atoms with van der Waals surface area (Å²) in [6, 6.07) is 17.4. The van der Waals surface area contributed by atoms with Crippen LogP contribution in [0, 0.1) is 5.92 Å². The molecule has 0 aliphatic carbocycles. The number of aryl methyl sites for hydroxylation is 1. The van der Waals surface area contributed by atoms with Crippen molar-refractivity contribution in [3.8, 4) is 11.1 Å². The number of carboxylic acid groups (broad SMARTS) is 1. The second-order valence-corrected chi connectivity index (χ2v) is 7.97. The molecule has 6 N–H and O–H groups in total. The van der Waals surface area contributed by atoms with E-state index in [1.807, 2.05) is 54.6 Å². The first kappa shape index (κ1) is 29.0. The normalized spacial score (nSPS) is 11.8. The van der Waals surface area contributed by atoms with Crippen molar-refractivity contribution >= 4 is 30.0 Å². The first-order valence-electron chi connectivity index (χ1n) is 11.3. The molecule has 0 radical (unpaired) electrons. The topological polar surface area (TPSA) is 170 Å². The van der Waals surface area contributed by atoms with Gasteiger partial charge < -0.3 is 21.9 Å². The largest absolute Gasteiger partial charge is 0.483 e. The molecule has 0 aliphatic heterocycles. The Morgan fingerprint density at radius 1 is 0.943 bits per heavy atom. The molecule has 0 bridgehead atoms. The molecule has 0 spiro atoms. The van der Waals surface area contributed by atoms with E-state index in [-0.39, 0.29) is 43.8 Å². The van der Waals surface area contributed by atoms with Crippen molar-refractivity contribution in [3.63, 3.8) is 0 Å². The molecule has 0 aromatic heterocycles.